The summed E-state index contributed by atoms with van der Waals surface area (Å²) < 4.78 is 10.8. The van der Waals surface area contributed by atoms with Gasteiger partial charge in [-0.3, -0.25) is 0 Å². The number of hydrogen-bond acceptors (Lipinski definition) is 3. The Morgan fingerprint density at radius 2 is 1.67 bits per heavy atom. The highest BCUT2D eigenvalue weighted by molar-refractivity contribution is 5.72. The number of aryl methyl sites for hydroxylation is 2. The van der Waals surface area contributed by atoms with E-state index in [0.29, 0.717) is 6.54 Å². The van der Waals surface area contributed by atoms with Crippen molar-refractivity contribution in [3.63, 3.8) is 0 Å². The smallest absolute Gasteiger partial charge is 0.161 e. The minimum absolute atomic E-state index is 0.479. The van der Waals surface area contributed by atoms with Crippen LogP contribution in [0.5, 0.6) is 11.5 Å². The number of methoxy groups -OCH3 is 2. The van der Waals surface area contributed by atoms with Crippen molar-refractivity contribution in [3.8, 4) is 22.6 Å². The minimum Gasteiger partial charge on any atom is -0.493 e. The molecule has 0 unspecified atom stereocenters. The van der Waals surface area contributed by atoms with Crippen LogP contribution in [0.15, 0.2) is 30.3 Å². The van der Waals surface area contributed by atoms with Crippen molar-refractivity contribution in [2.24, 2.45) is 5.73 Å². The lowest BCUT2D eigenvalue weighted by Crippen LogP contribution is -2.02. The van der Waals surface area contributed by atoms with Crippen molar-refractivity contribution in [3.05, 3.63) is 47.0 Å². The molecule has 21 heavy (non-hydrogen) atoms. The lowest BCUT2D eigenvalue weighted by molar-refractivity contribution is 0.354. The maximum atomic E-state index is 5.92. The molecule has 3 heteroatoms. The summed E-state index contributed by atoms with van der Waals surface area (Å²) in [5.74, 6) is 1.47. The van der Waals surface area contributed by atoms with Gasteiger partial charge in [-0.2, -0.15) is 0 Å². The Balaban J connectivity index is 2.12. The number of rotatable bonds is 4. The number of hydrogen-bond donors (Lipinski definition) is 1. The van der Waals surface area contributed by atoms with E-state index in [1.165, 1.54) is 36.0 Å². The number of benzene rings is 2. The van der Waals surface area contributed by atoms with Crippen LogP contribution in [0.4, 0.5) is 0 Å². The van der Waals surface area contributed by atoms with E-state index in [4.69, 9.17) is 15.2 Å². The highest BCUT2D eigenvalue weighted by Crippen LogP contribution is 2.37. The SMILES string of the molecule is COc1cc(CN)c(-c2ccc3c(c2)CCC3)cc1OC. The summed E-state index contributed by atoms with van der Waals surface area (Å²) in [7, 11) is 3.31. The topological polar surface area (TPSA) is 44.5 Å². The minimum atomic E-state index is 0.479. The summed E-state index contributed by atoms with van der Waals surface area (Å²) in [6.45, 7) is 0.479. The largest absolute Gasteiger partial charge is 0.493 e. The summed E-state index contributed by atoms with van der Waals surface area (Å²) in [5.41, 5.74) is 12.3. The molecule has 3 nitrogen and oxygen atoms in total. The molecular weight excluding hydrogens is 262 g/mol. The van der Waals surface area contributed by atoms with Gasteiger partial charge in [0.15, 0.2) is 11.5 Å². The van der Waals surface area contributed by atoms with E-state index < -0.39 is 0 Å². The van der Waals surface area contributed by atoms with Crippen LogP contribution < -0.4 is 15.2 Å². The zero-order valence-electron chi connectivity index (χ0n) is 12.6. The Bertz CT molecular complexity index is 665. The van der Waals surface area contributed by atoms with Crippen LogP contribution in [-0.4, -0.2) is 14.2 Å². The zero-order valence-corrected chi connectivity index (χ0v) is 12.6. The van der Waals surface area contributed by atoms with E-state index in [1.807, 2.05) is 12.1 Å². The van der Waals surface area contributed by atoms with Gasteiger partial charge in [0, 0.05) is 6.54 Å². The molecule has 0 spiro atoms. The van der Waals surface area contributed by atoms with Crippen LogP contribution >= 0.6 is 0 Å². The van der Waals surface area contributed by atoms with Gasteiger partial charge < -0.3 is 15.2 Å². The molecule has 3 rings (SSSR count). The van der Waals surface area contributed by atoms with Crippen molar-refractivity contribution in [1.82, 2.24) is 0 Å². The Kier molecular flexibility index (Phi) is 3.84. The van der Waals surface area contributed by atoms with Crippen LogP contribution in [0.2, 0.25) is 0 Å². The van der Waals surface area contributed by atoms with Crippen LogP contribution in [0.25, 0.3) is 11.1 Å². The first-order valence-electron chi connectivity index (χ1n) is 7.34. The monoisotopic (exact) mass is 283 g/mol. The van der Waals surface area contributed by atoms with Gasteiger partial charge in [0.25, 0.3) is 0 Å². The van der Waals surface area contributed by atoms with Gasteiger partial charge in [-0.05, 0) is 59.2 Å². The second-order valence-corrected chi connectivity index (χ2v) is 5.41. The van der Waals surface area contributed by atoms with Gasteiger partial charge in [-0.1, -0.05) is 18.2 Å². The first kappa shape index (κ1) is 14.0. The highest BCUT2D eigenvalue weighted by atomic mass is 16.5. The van der Waals surface area contributed by atoms with Gasteiger partial charge in [-0.15, -0.1) is 0 Å². The van der Waals surface area contributed by atoms with Crippen molar-refractivity contribution in [1.29, 1.82) is 0 Å². The molecule has 0 atom stereocenters. The number of ether oxygens (including phenoxy) is 2. The van der Waals surface area contributed by atoms with Crippen molar-refractivity contribution in [2.45, 2.75) is 25.8 Å². The molecule has 2 aromatic rings. The second kappa shape index (κ2) is 5.78. The molecule has 2 aromatic carbocycles. The molecule has 110 valence electrons. The maximum Gasteiger partial charge on any atom is 0.161 e. The molecule has 0 aliphatic heterocycles. The lowest BCUT2D eigenvalue weighted by atomic mass is 9.96. The average molecular weight is 283 g/mol. The van der Waals surface area contributed by atoms with Crippen LogP contribution in [0.1, 0.15) is 23.1 Å². The zero-order chi connectivity index (χ0) is 14.8. The van der Waals surface area contributed by atoms with Crippen molar-refractivity contribution in [2.75, 3.05) is 14.2 Å². The fraction of sp³-hybridized carbons (Fsp3) is 0.333. The third kappa shape index (κ3) is 2.49. The Labute approximate surface area is 125 Å². The first-order valence-corrected chi connectivity index (χ1v) is 7.34. The van der Waals surface area contributed by atoms with E-state index in [9.17, 15) is 0 Å². The van der Waals surface area contributed by atoms with E-state index in [0.717, 1.165) is 22.6 Å². The van der Waals surface area contributed by atoms with Crippen LogP contribution in [-0.2, 0) is 19.4 Å². The van der Waals surface area contributed by atoms with Crippen LogP contribution in [0.3, 0.4) is 0 Å². The molecule has 1 aliphatic carbocycles. The summed E-state index contributed by atoms with van der Waals surface area (Å²) in [6.07, 6.45) is 3.63. The van der Waals surface area contributed by atoms with Gasteiger partial charge in [0.05, 0.1) is 14.2 Å². The van der Waals surface area contributed by atoms with Gasteiger partial charge >= 0.3 is 0 Å². The molecule has 1 aliphatic rings. The average Bonchev–Trinajstić information content (AvgIpc) is 3.00. The normalized spacial score (nSPS) is 13.1. The standard InChI is InChI=1S/C18H21NO2/c1-20-17-9-15(11-19)16(10-18(17)21-2)14-7-6-12-4-3-5-13(12)8-14/h6-10H,3-5,11,19H2,1-2H3. The fourth-order valence-electron chi connectivity index (χ4n) is 3.10. The summed E-state index contributed by atoms with van der Waals surface area (Å²) in [5, 5.41) is 0. The Morgan fingerprint density at radius 1 is 0.952 bits per heavy atom. The molecule has 0 radical (unpaired) electrons. The molecule has 2 N–H and O–H groups in total. The molecular formula is C18H21NO2. The second-order valence-electron chi connectivity index (χ2n) is 5.41. The molecule has 0 aromatic heterocycles. The van der Waals surface area contributed by atoms with E-state index >= 15 is 0 Å². The summed E-state index contributed by atoms with van der Waals surface area (Å²) in [4.78, 5) is 0. The predicted octanol–water partition coefficient (Wildman–Crippen LogP) is 3.32. The van der Waals surface area contributed by atoms with Gasteiger partial charge in [-0.25, -0.2) is 0 Å². The van der Waals surface area contributed by atoms with Gasteiger partial charge in [0.1, 0.15) is 0 Å². The molecule has 0 heterocycles. The molecule has 0 amide bonds. The van der Waals surface area contributed by atoms with E-state index in [1.54, 1.807) is 14.2 Å². The van der Waals surface area contributed by atoms with Crippen molar-refractivity contribution < 1.29 is 9.47 Å². The third-order valence-corrected chi connectivity index (χ3v) is 4.24. The first-order chi connectivity index (χ1) is 10.3. The Morgan fingerprint density at radius 3 is 2.38 bits per heavy atom. The quantitative estimate of drug-likeness (QED) is 0.936. The lowest BCUT2D eigenvalue weighted by Gasteiger charge is -2.15. The van der Waals surface area contributed by atoms with E-state index in [2.05, 4.69) is 18.2 Å². The Hall–Kier alpha value is -2.00. The highest BCUT2D eigenvalue weighted by Gasteiger charge is 2.15. The number of nitrogens with two attached hydrogens (primary N) is 1. The van der Waals surface area contributed by atoms with Crippen molar-refractivity contribution >= 4 is 0 Å². The molecule has 0 bridgehead atoms. The predicted molar refractivity (Wildman–Crippen MR) is 84.9 cm³/mol. The van der Waals surface area contributed by atoms with E-state index in [-0.39, 0.29) is 0 Å². The summed E-state index contributed by atoms with van der Waals surface area (Å²) >= 11 is 0. The van der Waals surface area contributed by atoms with Gasteiger partial charge in [0.2, 0.25) is 0 Å². The molecule has 0 saturated heterocycles. The fourth-order valence-corrected chi connectivity index (χ4v) is 3.10. The molecule has 0 fully saturated rings. The third-order valence-electron chi connectivity index (χ3n) is 4.24. The number of fused-ring (bicyclic) bond motifs is 1. The van der Waals surface area contributed by atoms with Crippen LogP contribution in [0, 0.1) is 0 Å². The maximum absolute atomic E-state index is 5.92. The summed E-state index contributed by atoms with van der Waals surface area (Å²) in [6, 6.07) is 10.7. The molecule has 0 saturated carbocycles.